The van der Waals surface area contributed by atoms with Crippen molar-refractivity contribution in [1.82, 2.24) is 10.6 Å². The lowest BCUT2D eigenvalue weighted by Gasteiger charge is -2.17. The molecule has 1 heterocycles. The van der Waals surface area contributed by atoms with Gasteiger partial charge in [-0.2, -0.15) is 0 Å². The molecular weight excluding hydrogens is 192 g/mol. The van der Waals surface area contributed by atoms with Crippen molar-refractivity contribution in [2.75, 3.05) is 0 Å². The van der Waals surface area contributed by atoms with E-state index in [1.165, 1.54) is 0 Å². The van der Waals surface area contributed by atoms with Gasteiger partial charge in [-0.25, -0.2) is 4.79 Å². The Hall–Kier alpha value is -1.45. The molecule has 1 atom stereocenters. The Balaban J connectivity index is 2.25. The Kier molecular flexibility index (Phi) is 4.21. The maximum Gasteiger partial charge on any atom is 0.315 e. The van der Waals surface area contributed by atoms with Gasteiger partial charge in [0.1, 0.15) is 5.76 Å². The summed E-state index contributed by atoms with van der Waals surface area (Å²) in [5, 5.41) is 5.58. The van der Waals surface area contributed by atoms with Crippen LogP contribution >= 0.6 is 0 Å². The second-order valence-corrected chi connectivity index (χ2v) is 3.94. The van der Waals surface area contributed by atoms with E-state index in [9.17, 15) is 4.79 Å². The minimum Gasteiger partial charge on any atom is -0.467 e. The van der Waals surface area contributed by atoms with Crippen LogP contribution in [0.15, 0.2) is 22.8 Å². The number of carbonyl (C=O) groups excluding carboxylic acids is 1. The average Bonchev–Trinajstić information content (AvgIpc) is 2.66. The van der Waals surface area contributed by atoms with E-state index in [-0.39, 0.29) is 12.1 Å². The van der Waals surface area contributed by atoms with Gasteiger partial charge in [0.05, 0.1) is 12.8 Å². The molecule has 1 rings (SSSR count). The molecule has 15 heavy (non-hydrogen) atoms. The van der Waals surface area contributed by atoms with Crippen molar-refractivity contribution >= 4 is 6.03 Å². The molecule has 0 aliphatic rings. The van der Waals surface area contributed by atoms with Gasteiger partial charge in [0.25, 0.3) is 0 Å². The van der Waals surface area contributed by atoms with Crippen LogP contribution in [0.3, 0.4) is 0 Å². The monoisotopic (exact) mass is 210 g/mol. The van der Waals surface area contributed by atoms with Gasteiger partial charge in [0.15, 0.2) is 0 Å². The van der Waals surface area contributed by atoms with Gasteiger partial charge in [-0.1, -0.05) is 13.8 Å². The van der Waals surface area contributed by atoms with Gasteiger partial charge >= 0.3 is 6.03 Å². The van der Waals surface area contributed by atoms with Crippen molar-refractivity contribution in [2.24, 2.45) is 5.92 Å². The molecule has 2 amide bonds. The molecule has 4 nitrogen and oxygen atoms in total. The van der Waals surface area contributed by atoms with Gasteiger partial charge in [0.2, 0.25) is 0 Å². The van der Waals surface area contributed by atoms with Crippen LogP contribution < -0.4 is 10.6 Å². The van der Waals surface area contributed by atoms with Crippen molar-refractivity contribution in [3.63, 3.8) is 0 Å². The Labute approximate surface area is 90.0 Å². The van der Waals surface area contributed by atoms with E-state index in [1.54, 1.807) is 12.3 Å². The Morgan fingerprint density at radius 3 is 2.73 bits per heavy atom. The van der Waals surface area contributed by atoms with E-state index in [0.717, 1.165) is 5.76 Å². The van der Waals surface area contributed by atoms with Crippen LogP contribution in [0.5, 0.6) is 0 Å². The highest BCUT2D eigenvalue weighted by Crippen LogP contribution is 2.00. The van der Waals surface area contributed by atoms with Crippen LogP contribution in [-0.4, -0.2) is 12.1 Å². The Bertz CT molecular complexity index is 294. The summed E-state index contributed by atoms with van der Waals surface area (Å²) in [4.78, 5) is 11.4. The van der Waals surface area contributed by atoms with Crippen molar-refractivity contribution in [2.45, 2.75) is 33.4 Å². The molecule has 0 saturated heterocycles. The zero-order valence-corrected chi connectivity index (χ0v) is 9.41. The molecule has 1 aromatic rings. The summed E-state index contributed by atoms with van der Waals surface area (Å²) in [5.41, 5.74) is 0. The third-order valence-electron chi connectivity index (χ3n) is 2.36. The third kappa shape index (κ3) is 4.06. The zero-order chi connectivity index (χ0) is 11.3. The van der Waals surface area contributed by atoms with E-state index >= 15 is 0 Å². The summed E-state index contributed by atoms with van der Waals surface area (Å²) >= 11 is 0. The fraction of sp³-hybridized carbons (Fsp3) is 0.545. The maximum atomic E-state index is 11.4. The van der Waals surface area contributed by atoms with Crippen molar-refractivity contribution in [3.05, 3.63) is 24.2 Å². The summed E-state index contributed by atoms with van der Waals surface area (Å²) in [6.45, 7) is 6.54. The highest BCUT2D eigenvalue weighted by Gasteiger charge is 2.10. The second-order valence-electron chi connectivity index (χ2n) is 3.94. The van der Waals surface area contributed by atoms with Gasteiger partial charge in [-0.3, -0.25) is 0 Å². The fourth-order valence-corrected chi connectivity index (χ4v) is 1.01. The number of hydrogen-bond acceptors (Lipinski definition) is 2. The van der Waals surface area contributed by atoms with Crippen LogP contribution in [0.25, 0.3) is 0 Å². The predicted octanol–water partition coefficient (Wildman–Crippen LogP) is 2.12. The molecule has 0 radical (unpaired) electrons. The number of carbonyl (C=O) groups is 1. The number of furan rings is 1. The summed E-state index contributed by atoms with van der Waals surface area (Å²) in [7, 11) is 0. The van der Waals surface area contributed by atoms with Crippen LogP contribution in [0.4, 0.5) is 4.79 Å². The molecule has 2 N–H and O–H groups in total. The summed E-state index contributed by atoms with van der Waals surface area (Å²) in [6.07, 6.45) is 1.59. The summed E-state index contributed by atoms with van der Waals surface area (Å²) < 4.78 is 5.09. The standard InChI is InChI=1S/C11H18N2O2/c1-8(2)9(3)13-11(14)12-7-10-5-4-6-15-10/h4-6,8-9H,7H2,1-3H3,(H2,12,13,14)/t9-/m0/s1. The smallest absolute Gasteiger partial charge is 0.315 e. The lowest BCUT2D eigenvalue weighted by molar-refractivity contribution is 0.233. The first-order valence-electron chi connectivity index (χ1n) is 5.16. The minimum absolute atomic E-state index is 0.160. The average molecular weight is 210 g/mol. The molecule has 0 aromatic carbocycles. The first-order chi connectivity index (χ1) is 7.09. The van der Waals surface area contributed by atoms with Crippen LogP contribution in [0.2, 0.25) is 0 Å². The molecule has 0 aliphatic carbocycles. The van der Waals surface area contributed by atoms with E-state index in [4.69, 9.17) is 4.42 Å². The van der Waals surface area contributed by atoms with Crippen LogP contribution in [0.1, 0.15) is 26.5 Å². The van der Waals surface area contributed by atoms with Crippen molar-refractivity contribution < 1.29 is 9.21 Å². The topological polar surface area (TPSA) is 54.3 Å². The highest BCUT2D eigenvalue weighted by molar-refractivity contribution is 5.74. The van der Waals surface area contributed by atoms with E-state index in [2.05, 4.69) is 24.5 Å². The number of nitrogens with one attached hydrogen (secondary N) is 2. The number of urea groups is 1. The first-order valence-corrected chi connectivity index (χ1v) is 5.16. The van der Waals surface area contributed by atoms with Gasteiger partial charge in [-0.15, -0.1) is 0 Å². The lowest BCUT2D eigenvalue weighted by Crippen LogP contribution is -2.42. The fourth-order valence-electron chi connectivity index (χ4n) is 1.01. The van der Waals surface area contributed by atoms with Gasteiger partial charge < -0.3 is 15.1 Å². The largest absolute Gasteiger partial charge is 0.467 e. The number of amides is 2. The van der Waals surface area contributed by atoms with Gasteiger partial charge in [-0.05, 0) is 25.0 Å². The third-order valence-corrected chi connectivity index (χ3v) is 2.36. The molecule has 0 aliphatic heterocycles. The first kappa shape index (κ1) is 11.6. The van der Waals surface area contributed by atoms with E-state index < -0.39 is 0 Å². The maximum absolute atomic E-state index is 11.4. The summed E-state index contributed by atoms with van der Waals surface area (Å²) in [6, 6.07) is 3.63. The highest BCUT2D eigenvalue weighted by atomic mass is 16.3. The van der Waals surface area contributed by atoms with Gasteiger partial charge in [0, 0.05) is 6.04 Å². The molecule has 0 saturated carbocycles. The Morgan fingerprint density at radius 1 is 1.47 bits per heavy atom. The SMILES string of the molecule is CC(C)[C@H](C)NC(=O)NCc1ccco1. The molecule has 0 fully saturated rings. The molecule has 1 aromatic heterocycles. The predicted molar refractivity (Wildman–Crippen MR) is 58.4 cm³/mol. The van der Waals surface area contributed by atoms with Crippen molar-refractivity contribution in [3.8, 4) is 0 Å². The molecule has 4 heteroatoms. The number of rotatable bonds is 4. The molecule has 0 bridgehead atoms. The number of hydrogen-bond donors (Lipinski definition) is 2. The second kappa shape index (κ2) is 5.44. The van der Waals surface area contributed by atoms with Crippen molar-refractivity contribution in [1.29, 1.82) is 0 Å². The molecule has 0 spiro atoms. The Morgan fingerprint density at radius 2 is 2.20 bits per heavy atom. The molecule has 0 unspecified atom stereocenters. The normalized spacial score (nSPS) is 12.5. The zero-order valence-electron chi connectivity index (χ0n) is 9.41. The van der Waals surface area contributed by atoms with Crippen LogP contribution in [-0.2, 0) is 6.54 Å². The molecular formula is C11H18N2O2. The summed E-state index contributed by atoms with van der Waals surface area (Å²) in [5.74, 6) is 1.18. The minimum atomic E-state index is -0.160. The quantitative estimate of drug-likeness (QED) is 0.799. The van der Waals surface area contributed by atoms with E-state index in [0.29, 0.717) is 12.5 Å². The van der Waals surface area contributed by atoms with E-state index in [1.807, 2.05) is 13.0 Å². The lowest BCUT2D eigenvalue weighted by atomic mass is 10.1. The molecule has 84 valence electrons. The van der Waals surface area contributed by atoms with Crippen LogP contribution in [0, 0.1) is 5.92 Å².